The van der Waals surface area contributed by atoms with Crippen molar-refractivity contribution in [2.45, 2.75) is 33.4 Å². The summed E-state index contributed by atoms with van der Waals surface area (Å²) in [4.78, 5) is 24.9. The molecule has 3 aromatic rings. The summed E-state index contributed by atoms with van der Waals surface area (Å²) in [6.07, 6.45) is -0.789. The van der Waals surface area contributed by atoms with E-state index in [1.807, 2.05) is 24.8 Å². The Labute approximate surface area is 184 Å². The monoisotopic (exact) mass is 443 g/mol. The van der Waals surface area contributed by atoms with Crippen LogP contribution in [-0.2, 0) is 11.3 Å². The highest BCUT2D eigenvalue weighted by Crippen LogP contribution is 2.43. The highest BCUT2D eigenvalue weighted by molar-refractivity contribution is 7.20. The summed E-state index contributed by atoms with van der Waals surface area (Å²) in [7, 11) is 3.19. The Morgan fingerprint density at radius 2 is 1.94 bits per heavy atom. The third kappa shape index (κ3) is 3.57. The molecule has 3 heterocycles. The van der Waals surface area contributed by atoms with Crippen molar-refractivity contribution in [1.29, 1.82) is 0 Å². The van der Waals surface area contributed by atoms with E-state index in [4.69, 9.17) is 19.2 Å². The number of anilines is 1. The van der Waals surface area contributed by atoms with Crippen molar-refractivity contribution in [2.75, 3.05) is 32.3 Å². The van der Waals surface area contributed by atoms with Crippen molar-refractivity contribution in [3.8, 4) is 11.5 Å². The molecule has 1 aliphatic rings. The molecule has 0 bridgehead atoms. The topological polar surface area (TPSA) is 94.0 Å². The van der Waals surface area contributed by atoms with Gasteiger partial charge in [-0.15, -0.1) is 11.3 Å². The molecule has 1 atom stereocenters. The number of nitrogens with zero attached hydrogens (tertiary/aromatic N) is 3. The molecule has 1 aliphatic heterocycles. The maximum atomic E-state index is 12.4. The van der Waals surface area contributed by atoms with E-state index >= 15 is 0 Å². The van der Waals surface area contributed by atoms with Gasteiger partial charge >= 0.3 is 5.97 Å². The van der Waals surface area contributed by atoms with Crippen LogP contribution in [0, 0.1) is 13.8 Å². The number of aromatic nitrogens is 2. The van der Waals surface area contributed by atoms with Gasteiger partial charge in [0.2, 0.25) is 0 Å². The van der Waals surface area contributed by atoms with E-state index in [0.717, 1.165) is 26.9 Å². The number of thiophene rings is 1. The maximum Gasteiger partial charge on any atom is 0.348 e. The highest BCUT2D eigenvalue weighted by Gasteiger charge is 2.32. The van der Waals surface area contributed by atoms with E-state index in [9.17, 15) is 9.90 Å². The molecule has 0 radical (unpaired) electrons. The Morgan fingerprint density at radius 1 is 1.23 bits per heavy atom. The second-order valence-electron chi connectivity index (χ2n) is 7.31. The van der Waals surface area contributed by atoms with Gasteiger partial charge in [-0.25, -0.2) is 14.8 Å². The van der Waals surface area contributed by atoms with Crippen LogP contribution < -0.4 is 14.4 Å². The summed E-state index contributed by atoms with van der Waals surface area (Å²) >= 11 is 1.30. The molecule has 0 fully saturated rings. The van der Waals surface area contributed by atoms with Gasteiger partial charge in [0.25, 0.3) is 0 Å². The molecule has 0 spiro atoms. The van der Waals surface area contributed by atoms with Crippen molar-refractivity contribution in [2.24, 2.45) is 0 Å². The van der Waals surface area contributed by atoms with Gasteiger partial charge < -0.3 is 24.2 Å². The second kappa shape index (κ2) is 8.32. The van der Waals surface area contributed by atoms with Gasteiger partial charge in [0.15, 0.2) is 0 Å². The van der Waals surface area contributed by atoms with Gasteiger partial charge in [0, 0.05) is 17.7 Å². The van der Waals surface area contributed by atoms with E-state index < -0.39 is 6.10 Å². The van der Waals surface area contributed by atoms with Gasteiger partial charge in [-0.05, 0) is 38.5 Å². The van der Waals surface area contributed by atoms with E-state index in [2.05, 4.69) is 4.98 Å². The minimum Gasteiger partial charge on any atom is -0.496 e. The molecule has 0 saturated carbocycles. The fourth-order valence-corrected chi connectivity index (χ4v) is 5.19. The van der Waals surface area contributed by atoms with Gasteiger partial charge in [-0.3, -0.25) is 0 Å². The summed E-state index contributed by atoms with van der Waals surface area (Å²) in [6, 6.07) is 3.64. The van der Waals surface area contributed by atoms with Crippen LogP contribution in [0.3, 0.4) is 0 Å². The molecule has 0 unspecified atom stereocenters. The zero-order valence-electron chi connectivity index (χ0n) is 18.2. The number of β-amino-alcohol motifs (C(OH)–C–C–N with tert-alkyl or cyclic N) is 1. The number of methoxy groups -OCH3 is 2. The first-order chi connectivity index (χ1) is 14.9. The van der Waals surface area contributed by atoms with Crippen LogP contribution in [0.5, 0.6) is 11.5 Å². The van der Waals surface area contributed by atoms with Gasteiger partial charge in [0.05, 0.1) is 32.8 Å². The van der Waals surface area contributed by atoms with E-state index in [0.29, 0.717) is 47.7 Å². The molecule has 31 heavy (non-hydrogen) atoms. The van der Waals surface area contributed by atoms with Crippen LogP contribution in [0.4, 0.5) is 5.82 Å². The highest BCUT2D eigenvalue weighted by atomic mass is 32.1. The van der Waals surface area contributed by atoms with Crippen LogP contribution >= 0.6 is 11.3 Å². The Balaban J connectivity index is 1.86. The lowest BCUT2D eigenvalue weighted by Crippen LogP contribution is -2.35. The number of hydrogen-bond donors (Lipinski definition) is 1. The third-order valence-electron chi connectivity index (χ3n) is 5.43. The first-order valence-corrected chi connectivity index (χ1v) is 10.8. The van der Waals surface area contributed by atoms with Crippen LogP contribution in [0.25, 0.3) is 10.2 Å². The smallest absolute Gasteiger partial charge is 0.348 e. The zero-order chi connectivity index (χ0) is 22.3. The van der Waals surface area contributed by atoms with Gasteiger partial charge in [-0.2, -0.15) is 0 Å². The van der Waals surface area contributed by atoms with Gasteiger partial charge in [-0.1, -0.05) is 0 Å². The number of carbonyl (C=O) groups is 1. The van der Waals surface area contributed by atoms with Crippen molar-refractivity contribution in [3.05, 3.63) is 39.5 Å². The average Bonchev–Trinajstić information content (AvgIpc) is 3.08. The Morgan fingerprint density at radius 3 is 2.61 bits per heavy atom. The molecule has 1 aromatic carbocycles. The van der Waals surface area contributed by atoms with Crippen LogP contribution in [0.1, 0.15) is 45.2 Å². The molecular formula is C22H25N3O5S. The predicted molar refractivity (Wildman–Crippen MR) is 118 cm³/mol. The SMILES string of the molecule is CCOC(=O)c1sc2nc(C)nc(N3Cc4c(OC)ccc(OC)c4[C@H](O)C3)c2c1C. The fourth-order valence-electron chi connectivity index (χ4n) is 4.08. The van der Waals surface area contributed by atoms with E-state index in [-0.39, 0.29) is 5.97 Å². The summed E-state index contributed by atoms with van der Waals surface area (Å²) < 4.78 is 16.2. The molecule has 1 N–H and O–H groups in total. The molecule has 164 valence electrons. The number of benzene rings is 1. The predicted octanol–water partition coefficient (Wildman–Crippen LogP) is 3.56. The van der Waals surface area contributed by atoms with Crippen molar-refractivity contribution >= 4 is 33.3 Å². The zero-order valence-corrected chi connectivity index (χ0v) is 19.0. The molecule has 8 nitrogen and oxygen atoms in total. The van der Waals surface area contributed by atoms with Crippen molar-refractivity contribution in [3.63, 3.8) is 0 Å². The van der Waals surface area contributed by atoms with Crippen LogP contribution in [0.2, 0.25) is 0 Å². The van der Waals surface area contributed by atoms with E-state index in [1.54, 1.807) is 27.2 Å². The van der Waals surface area contributed by atoms with Crippen molar-refractivity contribution < 1.29 is 24.1 Å². The number of aliphatic hydroxyl groups excluding tert-OH is 1. The van der Waals surface area contributed by atoms with Crippen LogP contribution in [0.15, 0.2) is 12.1 Å². The third-order valence-corrected chi connectivity index (χ3v) is 6.60. The molecule has 9 heteroatoms. The standard InChI is InChI=1S/C22H25N3O5S/c1-6-30-22(27)19-11(2)17-20(23-12(3)24-21(17)31-19)25-9-13-15(28-4)7-8-16(29-5)18(13)14(26)10-25/h7-8,14,26H,6,9-10H2,1-5H3/t14-/m1/s1. The molecule has 4 rings (SSSR count). The molecule has 0 aliphatic carbocycles. The van der Waals surface area contributed by atoms with Crippen LogP contribution in [-0.4, -0.2) is 48.4 Å². The summed E-state index contributed by atoms with van der Waals surface area (Å²) in [6.45, 7) is 6.59. The lowest BCUT2D eigenvalue weighted by molar-refractivity contribution is 0.0531. The number of rotatable bonds is 5. The average molecular weight is 444 g/mol. The molecular weight excluding hydrogens is 418 g/mol. The lowest BCUT2D eigenvalue weighted by atomic mass is 9.95. The molecule has 2 aromatic heterocycles. The number of fused-ring (bicyclic) bond motifs is 2. The van der Waals surface area contributed by atoms with Crippen molar-refractivity contribution in [1.82, 2.24) is 9.97 Å². The Hall–Kier alpha value is -2.91. The summed E-state index contributed by atoms with van der Waals surface area (Å²) in [5.41, 5.74) is 2.37. The van der Waals surface area contributed by atoms with Gasteiger partial charge in [0.1, 0.15) is 39.0 Å². The first-order valence-electron chi connectivity index (χ1n) is 10.0. The summed E-state index contributed by atoms with van der Waals surface area (Å²) in [5, 5.41) is 11.8. The number of hydrogen-bond acceptors (Lipinski definition) is 9. The molecule has 0 saturated heterocycles. The minimum atomic E-state index is -0.789. The lowest BCUT2D eigenvalue weighted by Gasteiger charge is -2.35. The Bertz CT molecular complexity index is 1160. The quantitative estimate of drug-likeness (QED) is 0.599. The first kappa shape index (κ1) is 21.3. The normalized spacial score (nSPS) is 15.7. The maximum absolute atomic E-state index is 12.4. The number of esters is 1. The summed E-state index contributed by atoms with van der Waals surface area (Å²) in [5.74, 6) is 2.22. The number of aliphatic hydroxyl groups is 1. The molecule has 0 amide bonds. The van der Waals surface area contributed by atoms with E-state index in [1.165, 1.54) is 11.3 Å². The second-order valence-corrected chi connectivity index (χ2v) is 8.31. The number of carbonyl (C=O) groups excluding carboxylic acids is 1. The fraction of sp³-hybridized carbons (Fsp3) is 0.409. The minimum absolute atomic E-state index is 0.306. The number of ether oxygens (including phenoxy) is 3. The Kier molecular flexibility index (Phi) is 5.72. The largest absolute Gasteiger partial charge is 0.496 e. The number of aryl methyl sites for hydroxylation is 2.